The Labute approximate surface area is 81.9 Å². The number of rotatable bonds is 6. The molecule has 1 amide bonds. The molecule has 0 aliphatic heterocycles. The molecule has 0 radical (unpaired) electrons. The number of nitrogens with two attached hydrogens (primary N) is 1. The van der Waals surface area contributed by atoms with E-state index in [1.165, 1.54) is 0 Å². The highest BCUT2D eigenvalue weighted by atomic mass is 32.2. The summed E-state index contributed by atoms with van der Waals surface area (Å²) >= 11 is 0. The predicted molar refractivity (Wildman–Crippen MR) is 48.9 cm³/mol. The summed E-state index contributed by atoms with van der Waals surface area (Å²) in [5.74, 6) is -0.686. The van der Waals surface area contributed by atoms with Crippen LogP contribution < -0.4 is 5.73 Å². The Kier molecular flexibility index (Phi) is 4.85. The minimum Gasteiger partial charge on any atom is -0.334 e. The van der Waals surface area contributed by atoms with Gasteiger partial charge in [0.15, 0.2) is 5.78 Å². The third-order valence-corrected chi connectivity index (χ3v) is 2.46. The van der Waals surface area contributed by atoms with Crippen molar-refractivity contribution in [1.29, 1.82) is 0 Å². The highest BCUT2D eigenvalue weighted by Crippen LogP contribution is 2.00. The summed E-state index contributed by atoms with van der Waals surface area (Å²) in [7, 11) is -3.95. The molecule has 0 saturated carbocycles. The highest BCUT2D eigenvalue weighted by molar-refractivity contribution is 7.87. The van der Waals surface area contributed by atoms with Gasteiger partial charge in [0.05, 0.1) is 5.75 Å². The molecule has 0 rings (SSSR count). The number of hydrogen-bond donors (Lipinski definition) is 1. The average molecular weight is 221 g/mol. The van der Waals surface area contributed by atoms with Gasteiger partial charge in [0.1, 0.15) is 0 Å². The summed E-state index contributed by atoms with van der Waals surface area (Å²) in [5, 5.41) is 0. The van der Waals surface area contributed by atoms with Gasteiger partial charge in [-0.2, -0.15) is 8.42 Å². The maximum atomic E-state index is 10.9. The van der Waals surface area contributed by atoms with Crippen molar-refractivity contribution in [3.63, 3.8) is 0 Å². The van der Waals surface area contributed by atoms with Gasteiger partial charge in [0.2, 0.25) is 0 Å². The van der Waals surface area contributed by atoms with Gasteiger partial charge in [-0.25, -0.2) is 4.79 Å². The fourth-order valence-corrected chi connectivity index (χ4v) is 1.52. The number of primary amides is 1. The highest BCUT2D eigenvalue weighted by Gasteiger charge is 2.14. The normalized spacial score (nSPS) is 10.6. The lowest BCUT2D eigenvalue weighted by molar-refractivity contribution is -0.114. The molecule has 0 aliphatic rings. The van der Waals surface area contributed by atoms with Crippen molar-refractivity contribution in [3.05, 3.63) is 12.7 Å². The van der Waals surface area contributed by atoms with Gasteiger partial charge in [0.25, 0.3) is 0 Å². The van der Waals surface area contributed by atoms with Gasteiger partial charge >= 0.3 is 16.2 Å². The van der Waals surface area contributed by atoms with Crippen molar-refractivity contribution in [2.75, 3.05) is 5.75 Å². The van der Waals surface area contributed by atoms with E-state index in [1.807, 2.05) is 0 Å². The van der Waals surface area contributed by atoms with Gasteiger partial charge in [-0.15, -0.1) is 0 Å². The van der Waals surface area contributed by atoms with Crippen LogP contribution in [-0.4, -0.2) is 26.0 Å². The summed E-state index contributed by atoms with van der Waals surface area (Å²) in [6.45, 7) is 3.22. The predicted octanol–water partition coefficient (Wildman–Crippen LogP) is -0.0532. The molecule has 0 atom stereocenters. The first kappa shape index (κ1) is 12.6. The minimum atomic E-state index is -3.95. The van der Waals surface area contributed by atoms with E-state index in [2.05, 4.69) is 16.5 Å². The number of ketones is 1. The third kappa shape index (κ3) is 6.18. The summed E-state index contributed by atoms with van der Waals surface area (Å²) in [6.07, 6.45) is -0.160. The second-order valence-electron chi connectivity index (χ2n) is 2.44. The minimum absolute atomic E-state index is 0.0465. The molecule has 0 aliphatic carbocycles. The number of carbonyl (C=O) groups is 2. The molecule has 2 N–H and O–H groups in total. The van der Waals surface area contributed by atoms with Crippen molar-refractivity contribution < 1.29 is 22.2 Å². The lowest BCUT2D eigenvalue weighted by Crippen LogP contribution is -2.21. The van der Waals surface area contributed by atoms with E-state index in [1.54, 1.807) is 0 Å². The van der Waals surface area contributed by atoms with Gasteiger partial charge in [0, 0.05) is 6.42 Å². The molecule has 0 fully saturated rings. The fraction of sp³-hybridized carbons (Fsp3) is 0.429. The zero-order valence-electron chi connectivity index (χ0n) is 7.43. The van der Waals surface area contributed by atoms with Crippen molar-refractivity contribution in [2.45, 2.75) is 12.8 Å². The van der Waals surface area contributed by atoms with E-state index in [0.29, 0.717) is 0 Å². The Balaban J connectivity index is 3.95. The van der Waals surface area contributed by atoms with E-state index in [9.17, 15) is 18.0 Å². The first-order chi connectivity index (χ1) is 6.37. The Morgan fingerprint density at radius 3 is 2.43 bits per heavy atom. The molecule has 0 aromatic heterocycles. The van der Waals surface area contributed by atoms with Gasteiger partial charge in [-0.3, -0.25) is 4.79 Å². The second kappa shape index (κ2) is 5.38. The molecule has 14 heavy (non-hydrogen) atoms. The molecule has 0 heterocycles. The molecule has 6 nitrogen and oxygen atoms in total. The topological polar surface area (TPSA) is 104 Å². The Morgan fingerprint density at radius 1 is 1.43 bits per heavy atom. The molecule has 80 valence electrons. The Bertz CT molecular complexity index is 332. The zero-order valence-corrected chi connectivity index (χ0v) is 8.25. The van der Waals surface area contributed by atoms with E-state index in [0.717, 1.165) is 6.08 Å². The molecule has 0 aromatic rings. The smallest absolute Gasteiger partial charge is 0.334 e. The van der Waals surface area contributed by atoms with Crippen molar-refractivity contribution >= 4 is 22.0 Å². The van der Waals surface area contributed by atoms with Crippen LogP contribution in [0, 0.1) is 0 Å². The average Bonchev–Trinajstić information content (AvgIpc) is 2.01. The van der Waals surface area contributed by atoms with E-state index >= 15 is 0 Å². The summed E-state index contributed by atoms with van der Waals surface area (Å²) < 4.78 is 25.5. The molecule has 0 aromatic carbocycles. The SMILES string of the molecule is C=CC(=O)CCCS(=O)(=O)OC(N)=O. The first-order valence-electron chi connectivity index (χ1n) is 3.74. The number of carbonyl (C=O) groups excluding carboxylic acids is 2. The van der Waals surface area contributed by atoms with Crippen LogP contribution in [0.2, 0.25) is 0 Å². The molecule has 0 bridgehead atoms. The Morgan fingerprint density at radius 2 is 2.00 bits per heavy atom. The fourth-order valence-electron chi connectivity index (χ4n) is 0.692. The number of allylic oxidation sites excluding steroid dienone is 1. The van der Waals surface area contributed by atoms with E-state index in [-0.39, 0.29) is 18.6 Å². The number of hydrogen-bond acceptors (Lipinski definition) is 5. The largest absolute Gasteiger partial charge is 0.420 e. The lowest BCUT2D eigenvalue weighted by Gasteiger charge is -2.01. The third-order valence-electron chi connectivity index (χ3n) is 1.25. The van der Waals surface area contributed by atoms with Gasteiger partial charge < -0.3 is 9.92 Å². The lowest BCUT2D eigenvalue weighted by atomic mass is 10.2. The van der Waals surface area contributed by atoms with Crippen LogP contribution in [0.15, 0.2) is 12.7 Å². The van der Waals surface area contributed by atoms with Crippen LogP contribution >= 0.6 is 0 Å². The molecular weight excluding hydrogens is 210 g/mol. The van der Waals surface area contributed by atoms with Crippen LogP contribution in [-0.2, 0) is 19.1 Å². The zero-order chi connectivity index (χ0) is 11.2. The maximum Gasteiger partial charge on any atom is 0.420 e. The summed E-state index contributed by atoms with van der Waals surface area (Å²) in [4.78, 5) is 20.8. The van der Waals surface area contributed by atoms with Crippen molar-refractivity contribution in [3.8, 4) is 0 Å². The Hall–Kier alpha value is -1.37. The summed E-state index contributed by atoms with van der Waals surface area (Å²) in [5.41, 5.74) is 4.51. The quantitative estimate of drug-likeness (QED) is 0.500. The molecule has 0 unspecified atom stereocenters. The molecule has 0 spiro atoms. The van der Waals surface area contributed by atoms with E-state index in [4.69, 9.17) is 0 Å². The van der Waals surface area contributed by atoms with Crippen LogP contribution in [0.5, 0.6) is 0 Å². The maximum absolute atomic E-state index is 10.9. The second-order valence-corrected chi connectivity index (χ2v) is 4.13. The summed E-state index contributed by atoms with van der Waals surface area (Å²) in [6, 6.07) is 0. The molecular formula is C7H11NO5S. The molecule has 0 saturated heterocycles. The first-order valence-corrected chi connectivity index (χ1v) is 5.32. The van der Waals surface area contributed by atoms with Crippen LogP contribution in [0.3, 0.4) is 0 Å². The monoisotopic (exact) mass is 221 g/mol. The standard InChI is InChI=1S/C7H11NO5S/c1-2-6(9)4-3-5-14(11,12)13-7(8)10/h2H,1,3-5H2,(H2,8,10). The molecule has 7 heteroatoms. The van der Waals surface area contributed by atoms with E-state index < -0.39 is 22.0 Å². The van der Waals surface area contributed by atoms with Crippen LogP contribution in [0.25, 0.3) is 0 Å². The van der Waals surface area contributed by atoms with Crippen LogP contribution in [0.1, 0.15) is 12.8 Å². The van der Waals surface area contributed by atoms with Crippen molar-refractivity contribution in [2.24, 2.45) is 5.73 Å². The van der Waals surface area contributed by atoms with Gasteiger partial charge in [-0.05, 0) is 12.5 Å². The number of amides is 1. The van der Waals surface area contributed by atoms with Crippen LogP contribution in [0.4, 0.5) is 4.79 Å². The van der Waals surface area contributed by atoms with Gasteiger partial charge in [-0.1, -0.05) is 6.58 Å². The van der Waals surface area contributed by atoms with Crippen molar-refractivity contribution in [1.82, 2.24) is 0 Å².